The fourth-order valence-corrected chi connectivity index (χ4v) is 4.29. The standard InChI is InChI=1S/C23H26BrFN4O/c1-16-4-2-5-20-21(16)27-22(18-12-17(15-25)13-19(24)14-18)28-23(20)26-6-3-7-29-8-10-30-11-9-29/h2,4-5,12-14H,3,6-11,15H2,1H3,(H,26,27,28). The number of benzene rings is 2. The molecule has 4 rings (SSSR count). The predicted molar refractivity (Wildman–Crippen MR) is 123 cm³/mol. The summed E-state index contributed by atoms with van der Waals surface area (Å²) in [6, 6.07) is 11.6. The molecule has 1 saturated heterocycles. The summed E-state index contributed by atoms with van der Waals surface area (Å²) in [7, 11) is 0. The maximum absolute atomic E-state index is 13.3. The molecule has 2 aromatic carbocycles. The number of anilines is 1. The van der Waals surface area contributed by atoms with Crippen molar-refractivity contribution in [2.24, 2.45) is 0 Å². The van der Waals surface area contributed by atoms with E-state index in [0.717, 1.165) is 78.1 Å². The van der Waals surface area contributed by atoms with Gasteiger partial charge in [-0.1, -0.05) is 28.1 Å². The van der Waals surface area contributed by atoms with Gasteiger partial charge in [0.1, 0.15) is 12.5 Å². The fourth-order valence-electron chi connectivity index (χ4n) is 3.75. The number of nitrogens with one attached hydrogen (secondary N) is 1. The first kappa shape index (κ1) is 21.2. The highest BCUT2D eigenvalue weighted by Crippen LogP contribution is 2.29. The lowest BCUT2D eigenvalue weighted by Crippen LogP contribution is -2.37. The average molecular weight is 473 g/mol. The number of nitrogens with zero attached hydrogens (tertiary/aromatic N) is 3. The van der Waals surface area contributed by atoms with E-state index in [1.54, 1.807) is 6.07 Å². The van der Waals surface area contributed by atoms with Crippen LogP contribution in [0.4, 0.5) is 10.2 Å². The van der Waals surface area contributed by atoms with E-state index in [1.807, 2.05) is 24.3 Å². The number of fused-ring (bicyclic) bond motifs is 1. The summed E-state index contributed by atoms with van der Waals surface area (Å²) in [6.07, 6.45) is 1.02. The van der Waals surface area contributed by atoms with Crippen molar-refractivity contribution in [3.8, 4) is 11.4 Å². The van der Waals surface area contributed by atoms with Gasteiger partial charge in [0.15, 0.2) is 5.82 Å². The number of hydrogen-bond donors (Lipinski definition) is 1. The number of halogens is 2. The number of alkyl halides is 1. The zero-order valence-corrected chi connectivity index (χ0v) is 18.7. The van der Waals surface area contributed by atoms with Crippen molar-refractivity contribution in [1.82, 2.24) is 14.9 Å². The molecule has 0 atom stereocenters. The summed E-state index contributed by atoms with van der Waals surface area (Å²) < 4.78 is 19.5. The van der Waals surface area contributed by atoms with E-state index < -0.39 is 6.67 Å². The van der Waals surface area contributed by atoms with E-state index in [2.05, 4.69) is 39.1 Å². The fraction of sp³-hybridized carbons (Fsp3) is 0.391. The molecule has 0 amide bonds. The number of aromatic nitrogens is 2. The second-order valence-corrected chi connectivity index (χ2v) is 8.50. The molecule has 0 unspecified atom stereocenters. The second kappa shape index (κ2) is 9.81. The molecule has 0 radical (unpaired) electrons. The molecular weight excluding hydrogens is 447 g/mol. The molecule has 1 aliphatic rings. The van der Waals surface area contributed by atoms with Crippen LogP contribution < -0.4 is 5.32 Å². The van der Waals surface area contributed by atoms with Crippen LogP contribution in [-0.2, 0) is 11.4 Å². The molecular formula is C23H26BrFN4O. The van der Waals surface area contributed by atoms with Crippen LogP contribution in [0.5, 0.6) is 0 Å². The number of aryl methyl sites for hydroxylation is 1. The molecule has 30 heavy (non-hydrogen) atoms. The topological polar surface area (TPSA) is 50.3 Å². The van der Waals surface area contributed by atoms with Crippen LogP contribution in [0.15, 0.2) is 40.9 Å². The second-order valence-electron chi connectivity index (χ2n) is 7.58. The van der Waals surface area contributed by atoms with E-state index >= 15 is 0 Å². The quantitative estimate of drug-likeness (QED) is 0.491. The van der Waals surface area contributed by atoms with Gasteiger partial charge in [-0.25, -0.2) is 14.4 Å². The zero-order valence-electron chi connectivity index (χ0n) is 17.1. The smallest absolute Gasteiger partial charge is 0.162 e. The summed E-state index contributed by atoms with van der Waals surface area (Å²) in [5.74, 6) is 1.42. The summed E-state index contributed by atoms with van der Waals surface area (Å²) >= 11 is 3.47. The van der Waals surface area contributed by atoms with Crippen LogP contribution in [0.25, 0.3) is 22.3 Å². The Morgan fingerprint density at radius 2 is 2.00 bits per heavy atom. The van der Waals surface area contributed by atoms with Crippen LogP contribution >= 0.6 is 15.9 Å². The van der Waals surface area contributed by atoms with Crippen molar-refractivity contribution in [1.29, 1.82) is 0 Å². The van der Waals surface area contributed by atoms with Crippen molar-refractivity contribution >= 4 is 32.7 Å². The summed E-state index contributed by atoms with van der Waals surface area (Å²) in [5, 5.41) is 4.52. The highest BCUT2D eigenvalue weighted by Gasteiger charge is 2.13. The van der Waals surface area contributed by atoms with Crippen LogP contribution in [0, 0.1) is 6.92 Å². The molecule has 0 spiro atoms. The molecule has 0 aliphatic carbocycles. The summed E-state index contributed by atoms with van der Waals surface area (Å²) in [4.78, 5) is 12.1. The maximum atomic E-state index is 13.3. The zero-order chi connectivity index (χ0) is 20.9. The predicted octanol–water partition coefficient (Wildman–Crippen LogP) is 4.97. The normalized spacial score (nSPS) is 14.9. The van der Waals surface area contributed by atoms with Crippen LogP contribution in [0.3, 0.4) is 0 Å². The average Bonchev–Trinajstić information content (AvgIpc) is 2.77. The molecule has 5 nitrogen and oxygen atoms in total. The molecule has 0 saturated carbocycles. The first-order valence-corrected chi connectivity index (χ1v) is 11.1. The van der Waals surface area contributed by atoms with Gasteiger partial charge in [0.25, 0.3) is 0 Å². The Morgan fingerprint density at radius 1 is 1.17 bits per heavy atom. The SMILES string of the molecule is Cc1cccc2c(NCCCN3CCOCC3)nc(-c3cc(Br)cc(CF)c3)nc12. The van der Waals surface area contributed by atoms with Gasteiger partial charge in [0, 0.05) is 35.1 Å². The maximum Gasteiger partial charge on any atom is 0.162 e. The third-order valence-corrected chi connectivity index (χ3v) is 5.80. The van der Waals surface area contributed by atoms with E-state index in [4.69, 9.17) is 14.7 Å². The third-order valence-electron chi connectivity index (χ3n) is 5.35. The van der Waals surface area contributed by atoms with Gasteiger partial charge in [-0.05, 0) is 55.3 Å². The third kappa shape index (κ3) is 4.96. The molecule has 1 aliphatic heterocycles. The highest BCUT2D eigenvalue weighted by molar-refractivity contribution is 9.10. The summed E-state index contributed by atoms with van der Waals surface area (Å²) in [6.45, 7) is 7.03. The Labute approximate surface area is 184 Å². The van der Waals surface area contributed by atoms with E-state index in [0.29, 0.717) is 11.4 Å². The van der Waals surface area contributed by atoms with Gasteiger partial charge in [0.05, 0.1) is 18.7 Å². The molecule has 1 fully saturated rings. The lowest BCUT2D eigenvalue weighted by atomic mass is 10.1. The minimum Gasteiger partial charge on any atom is -0.379 e. The van der Waals surface area contributed by atoms with Crippen LogP contribution in [0.2, 0.25) is 0 Å². The minimum atomic E-state index is -0.522. The Balaban J connectivity index is 1.60. The van der Waals surface area contributed by atoms with Crippen LogP contribution in [-0.4, -0.2) is 54.3 Å². The van der Waals surface area contributed by atoms with Crippen molar-refractivity contribution in [3.05, 3.63) is 52.0 Å². The molecule has 2 heterocycles. The Kier molecular flexibility index (Phi) is 6.92. The Hall–Kier alpha value is -2.09. The van der Waals surface area contributed by atoms with E-state index in [-0.39, 0.29) is 0 Å². The molecule has 1 N–H and O–H groups in total. The largest absolute Gasteiger partial charge is 0.379 e. The first-order chi connectivity index (χ1) is 14.6. The molecule has 3 aromatic rings. The molecule has 7 heteroatoms. The van der Waals surface area contributed by atoms with Gasteiger partial charge in [-0.2, -0.15) is 0 Å². The van der Waals surface area contributed by atoms with Gasteiger partial charge in [0.2, 0.25) is 0 Å². The number of hydrogen-bond acceptors (Lipinski definition) is 5. The molecule has 158 valence electrons. The number of rotatable bonds is 7. The number of ether oxygens (including phenoxy) is 1. The minimum absolute atomic E-state index is 0.522. The number of para-hydroxylation sites is 1. The summed E-state index contributed by atoms with van der Waals surface area (Å²) in [5.41, 5.74) is 3.42. The Morgan fingerprint density at radius 3 is 2.80 bits per heavy atom. The molecule has 0 bridgehead atoms. The van der Waals surface area contributed by atoms with Crippen LogP contribution in [0.1, 0.15) is 17.5 Å². The van der Waals surface area contributed by atoms with Crippen molar-refractivity contribution in [3.63, 3.8) is 0 Å². The van der Waals surface area contributed by atoms with Crippen molar-refractivity contribution < 1.29 is 9.13 Å². The molecule has 1 aromatic heterocycles. The van der Waals surface area contributed by atoms with Crippen molar-refractivity contribution in [2.75, 3.05) is 44.7 Å². The monoisotopic (exact) mass is 472 g/mol. The van der Waals surface area contributed by atoms with E-state index in [1.165, 1.54) is 0 Å². The number of morpholine rings is 1. The Bertz CT molecular complexity index is 1020. The van der Waals surface area contributed by atoms with Crippen molar-refractivity contribution in [2.45, 2.75) is 20.0 Å². The van der Waals surface area contributed by atoms with Gasteiger partial charge >= 0.3 is 0 Å². The highest BCUT2D eigenvalue weighted by atomic mass is 79.9. The van der Waals surface area contributed by atoms with Gasteiger partial charge in [-0.15, -0.1) is 0 Å². The first-order valence-electron chi connectivity index (χ1n) is 10.3. The van der Waals surface area contributed by atoms with E-state index in [9.17, 15) is 4.39 Å². The lowest BCUT2D eigenvalue weighted by molar-refractivity contribution is 0.0378. The lowest BCUT2D eigenvalue weighted by Gasteiger charge is -2.26. The van der Waals surface area contributed by atoms with Gasteiger partial charge in [-0.3, -0.25) is 4.90 Å². The van der Waals surface area contributed by atoms with Gasteiger partial charge < -0.3 is 10.1 Å².